The first-order valence-electron chi connectivity index (χ1n) is 9.97. The Morgan fingerprint density at radius 3 is 2.89 bits per heavy atom. The van der Waals surface area contributed by atoms with Gasteiger partial charge in [0.15, 0.2) is 0 Å². The van der Waals surface area contributed by atoms with Gasteiger partial charge in [-0.3, -0.25) is 4.79 Å². The number of thiazole rings is 1. The molecule has 1 aliphatic heterocycles. The van der Waals surface area contributed by atoms with E-state index in [0.29, 0.717) is 19.0 Å². The summed E-state index contributed by atoms with van der Waals surface area (Å²) < 4.78 is 2.19. The van der Waals surface area contributed by atoms with Crippen molar-refractivity contribution >= 4 is 17.2 Å². The lowest BCUT2D eigenvalue weighted by Gasteiger charge is -2.38. The van der Waals surface area contributed by atoms with Gasteiger partial charge < -0.3 is 9.47 Å². The third-order valence-corrected chi connectivity index (χ3v) is 6.84. The van der Waals surface area contributed by atoms with Gasteiger partial charge in [0.05, 0.1) is 23.2 Å². The van der Waals surface area contributed by atoms with Crippen molar-refractivity contribution in [3.63, 3.8) is 0 Å². The van der Waals surface area contributed by atoms with Crippen molar-refractivity contribution in [3.05, 3.63) is 69.7 Å². The molecular weight excluding hydrogens is 368 g/mol. The van der Waals surface area contributed by atoms with Crippen LogP contribution in [0.15, 0.2) is 42.0 Å². The maximum atomic E-state index is 13.0. The normalized spacial score (nSPS) is 19.3. The van der Waals surface area contributed by atoms with E-state index in [1.807, 2.05) is 19.3 Å². The molecule has 2 aliphatic rings. The standard InChI is InChI=1S/C22H24N4OS/c1-15-24-18(14-28-15)12-25-10-9-23-21(25)20-13-26(22(27)16-6-4-7-16)11-17-5-2-3-8-19(17)20/h2-3,5,8-10,14,16,20H,4,6-7,11-13H2,1H3/t20-/m0/s1. The molecule has 5 rings (SSSR count). The maximum Gasteiger partial charge on any atom is 0.226 e. The lowest BCUT2D eigenvalue weighted by atomic mass is 9.82. The maximum absolute atomic E-state index is 13.0. The minimum atomic E-state index is 0.101. The summed E-state index contributed by atoms with van der Waals surface area (Å²) in [7, 11) is 0. The van der Waals surface area contributed by atoms with Crippen molar-refractivity contribution in [2.24, 2.45) is 5.92 Å². The summed E-state index contributed by atoms with van der Waals surface area (Å²) in [4.78, 5) is 24.4. The Balaban J connectivity index is 1.48. The van der Waals surface area contributed by atoms with Crippen LogP contribution in [0.3, 0.4) is 0 Å². The molecule has 3 heterocycles. The van der Waals surface area contributed by atoms with Crippen LogP contribution in [0.1, 0.15) is 52.8 Å². The SMILES string of the molecule is Cc1nc(Cn2ccnc2[C@H]2CN(C(=O)C3CCC3)Cc3ccccc32)cs1. The zero-order chi connectivity index (χ0) is 19.1. The highest BCUT2D eigenvalue weighted by molar-refractivity contribution is 7.09. The van der Waals surface area contributed by atoms with Gasteiger partial charge in [0.25, 0.3) is 0 Å². The quantitative estimate of drug-likeness (QED) is 0.675. The molecule has 3 aromatic rings. The summed E-state index contributed by atoms with van der Waals surface area (Å²) in [5, 5.41) is 3.19. The van der Waals surface area contributed by atoms with Gasteiger partial charge >= 0.3 is 0 Å². The van der Waals surface area contributed by atoms with Crippen LogP contribution in [-0.2, 0) is 17.9 Å². The van der Waals surface area contributed by atoms with E-state index in [2.05, 4.69) is 44.1 Å². The Labute approximate surface area is 169 Å². The van der Waals surface area contributed by atoms with E-state index in [0.717, 1.165) is 35.9 Å². The number of imidazole rings is 1. The molecule has 5 nitrogen and oxygen atoms in total. The van der Waals surface area contributed by atoms with Crippen LogP contribution < -0.4 is 0 Å². The molecule has 0 bridgehead atoms. The highest BCUT2D eigenvalue weighted by Crippen LogP contribution is 2.36. The predicted molar refractivity (Wildman–Crippen MR) is 109 cm³/mol. The molecule has 1 aromatic carbocycles. The van der Waals surface area contributed by atoms with Gasteiger partial charge in [-0.05, 0) is 30.9 Å². The van der Waals surface area contributed by atoms with Gasteiger partial charge in [0, 0.05) is 36.8 Å². The average Bonchev–Trinajstić information content (AvgIpc) is 3.28. The third kappa shape index (κ3) is 3.15. The summed E-state index contributed by atoms with van der Waals surface area (Å²) >= 11 is 1.67. The van der Waals surface area contributed by atoms with Crippen molar-refractivity contribution < 1.29 is 4.79 Å². The number of amides is 1. The van der Waals surface area contributed by atoms with Crippen molar-refractivity contribution in [2.75, 3.05) is 6.54 Å². The van der Waals surface area contributed by atoms with Crippen LogP contribution in [-0.4, -0.2) is 31.9 Å². The Morgan fingerprint density at radius 1 is 1.29 bits per heavy atom. The van der Waals surface area contributed by atoms with Crippen molar-refractivity contribution in [3.8, 4) is 0 Å². The minimum Gasteiger partial charge on any atom is -0.337 e. The molecule has 1 amide bonds. The summed E-state index contributed by atoms with van der Waals surface area (Å²) in [6.45, 7) is 4.17. The van der Waals surface area contributed by atoms with E-state index in [1.165, 1.54) is 17.5 Å². The Hall–Kier alpha value is -2.47. The molecule has 1 fully saturated rings. The molecule has 0 radical (unpaired) electrons. The monoisotopic (exact) mass is 392 g/mol. The number of nitrogens with zero attached hydrogens (tertiary/aromatic N) is 4. The number of aromatic nitrogens is 3. The molecule has 0 N–H and O–H groups in total. The lowest BCUT2D eigenvalue weighted by Crippen LogP contribution is -2.43. The van der Waals surface area contributed by atoms with Crippen LogP contribution in [0.25, 0.3) is 0 Å². The molecule has 0 saturated heterocycles. The van der Waals surface area contributed by atoms with E-state index in [4.69, 9.17) is 4.98 Å². The Morgan fingerprint density at radius 2 is 2.14 bits per heavy atom. The Kier molecular flexibility index (Phi) is 4.51. The zero-order valence-electron chi connectivity index (χ0n) is 16.0. The fraction of sp³-hybridized carbons (Fsp3) is 0.409. The number of hydrogen-bond acceptors (Lipinski definition) is 4. The van der Waals surface area contributed by atoms with Crippen LogP contribution in [0.5, 0.6) is 0 Å². The third-order valence-electron chi connectivity index (χ3n) is 6.02. The molecule has 1 aliphatic carbocycles. The molecule has 1 saturated carbocycles. The molecule has 28 heavy (non-hydrogen) atoms. The first kappa shape index (κ1) is 17.6. The second kappa shape index (κ2) is 7.17. The second-order valence-corrected chi connectivity index (χ2v) is 8.93. The van der Waals surface area contributed by atoms with E-state index < -0.39 is 0 Å². The summed E-state index contributed by atoms with van der Waals surface area (Å²) in [6.07, 6.45) is 7.16. The van der Waals surface area contributed by atoms with Crippen LogP contribution in [0.2, 0.25) is 0 Å². The second-order valence-electron chi connectivity index (χ2n) is 7.87. The highest BCUT2D eigenvalue weighted by atomic mass is 32.1. The zero-order valence-corrected chi connectivity index (χ0v) is 16.9. The van der Waals surface area contributed by atoms with Gasteiger partial charge in [-0.2, -0.15) is 0 Å². The number of hydrogen-bond donors (Lipinski definition) is 0. The number of carbonyl (C=O) groups excluding carboxylic acids is 1. The average molecular weight is 393 g/mol. The molecule has 0 unspecified atom stereocenters. The fourth-order valence-electron chi connectivity index (χ4n) is 4.33. The number of carbonyl (C=O) groups is 1. The smallest absolute Gasteiger partial charge is 0.226 e. The number of fused-ring (bicyclic) bond motifs is 1. The van der Waals surface area contributed by atoms with E-state index in [-0.39, 0.29) is 11.8 Å². The van der Waals surface area contributed by atoms with Gasteiger partial charge in [-0.15, -0.1) is 11.3 Å². The van der Waals surface area contributed by atoms with Gasteiger partial charge in [0.2, 0.25) is 5.91 Å². The van der Waals surface area contributed by atoms with Crippen LogP contribution in [0, 0.1) is 12.8 Å². The van der Waals surface area contributed by atoms with Crippen LogP contribution in [0.4, 0.5) is 0 Å². The molecule has 6 heteroatoms. The molecule has 1 atom stereocenters. The molecular formula is C22H24N4OS. The van der Waals surface area contributed by atoms with Crippen molar-refractivity contribution in [1.29, 1.82) is 0 Å². The minimum absolute atomic E-state index is 0.101. The van der Waals surface area contributed by atoms with Gasteiger partial charge in [0.1, 0.15) is 5.82 Å². The lowest BCUT2D eigenvalue weighted by molar-refractivity contribution is -0.139. The van der Waals surface area contributed by atoms with Crippen molar-refractivity contribution in [1.82, 2.24) is 19.4 Å². The van der Waals surface area contributed by atoms with E-state index >= 15 is 0 Å². The summed E-state index contributed by atoms with van der Waals surface area (Å²) in [5.41, 5.74) is 3.60. The summed E-state index contributed by atoms with van der Waals surface area (Å²) in [6, 6.07) is 8.50. The largest absolute Gasteiger partial charge is 0.337 e. The highest BCUT2D eigenvalue weighted by Gasteiger charge is 2.35. The van der Waals surface area contributed by atoms with Crippen LogP contribution >= 0.6 is 11.3 Å². The molecule has 0 spiro atoms. The van der Waals surface area contributed by atoms with Gasteiger partial charge in [-0.25, -0.2) is 9.97 Å². The van der Waals surface area contributed by atoms with Gasteiger partial charge in [-0.1, -0.05) is 30.7 Å². The topological polar surface area (TPSA) is 51.0 Å². The van der Waals surface area contributed by atoms with E-state index in [1.54, 1.807) is 11.3 Å². The number of aryl methyl sites for hydroxylation is 1. The molecule has 2 aromatic heterocycles. The van der Waals surface area contributed by atoms with E-state index in [9.17, 15) is 4.79 Å². The molecule has 144 valence electrons. The first-order valence-corrected chi connectivity index (χ1v) is 10.9. The summed E-state index contributed by atoms with van der Waals surface area (Å²) in [5.74, 6) is 1.66. The predicted octanol–water partition coefficient (Wildman–Crippen LogP) is 3.97. The first-order chi connectivity index (χ1) is 13.7. The Bertz CT molecular complexity index is 1000. The fourth-order valence-corrected chi connectivity index (χ4v) is 4.93. The number of rotatable bonds is 4. The number of benzene rings is 1. The van der Waals surface area contributed by atoms with Crippen molar-refractivity contribution in [2.45, 2.75) is 45.2 Å².